The van der Waals surface area contributed by atoms with Crippen LogP contribution in [0.5, 0.6) is 0 Å². The fourth-order valence-electron chi connectivity index (χ4n) is 11.6. The van der Waals surface area contributed by atoms with Crippen LogP contribution in [0.4, 0.5) is 0 Å². The lowest BCUT2D eigenvalue weighted by Gasteiger charge is -2.22. The van der Waals surface area contributed by atoms with E-state index >= 15 is 0 Å². The van der Waals surface area contributed by atoms with Gasteiger partial charge in [0.15, 0.2) is 0 Å². The highest BCUT2D eigenvalue weighted by atomic mass is 16.5. The molecule has 6 nitrogen and oxygen atoms in total. The molecule has 0 aliphatic heterocycles. The fourth-order valence-corrected chi connectivity index (χ4v) is 11.6. The van der Waals surface area contributed by atoms with Crippen LogP contribution in [0.15, 0.2) is 48.6 Å². The maximum Gasteiger partial charge on any atom is 0.305 e. The summed E-state index contributed by atoms with van der Waals surface area (Å²) in [7, 11) is 0. The van der Waals surface area contributed by atoms with E-state index in [-0.39, 0.29) is 18.5 Å². The highest BCUT2D eigenvalue weighted by molar-refractivity contribution is 5.76. The van der Waals surface area contributed by atoms with E-state index in [1.807, 2.05) is 0 Å². The van der Waals surface area contributed by atoms with Gasteiger partial charge in [-0.1, -0.05) is 351 Å². The van der Waals surface area contributed by atoms with Gasteiger partial charge in [0, 0.05) is 12.8 Å². The van der Waals surface area contributed by atoms with Crippen molar-refractivity contribution in [1.82, 2.24) is 5.32 Å². The SMILES string of the molecule is CCCCC/C=C\C/C=C\CCCCCCCC(=O)OCCCCCCCCCCC/C=C\C/C=C\CCCCCCCCCCCCCCCCCCCC(=O)NC(CO)C(O)CCCCCCCCCCCCCCCCCCCC. The molecule has 83 heavy (non-hydrogen) atoms. The van der Waals surface area contributed by atoms with Crippen LogP contribution >= 0.6 is 0 Å². The molecule has 0 saturated heterocycles. The molecular formula is C77H145NO5. The zero-order chi connectivity index (χ0) is 59.9. The van der Waals surface area contributed by atoms with E-state index in [2.05, 4.69) is 67.8 Å². The van der Waals surface area contributed by atoms with Gasteiger partial charge in [0.25, 0.3) is 0 Å². The summed E-state index contributed by atoms with van der Waals surface area (Å²) in [5.41, 5.74) is 0. The molecule has 0 rings (SSSR count). The van der Waals surface area contributed by atoms with Crippen molar-refractivity contribution in [2.75, 3.05) is 13.2 Å². The van der Waals surface area contributed by atoms with E-state index in [0.717, 1.165) is 57.8 Å². The van der Waals surface area contributed by atoms with Crippen molar-refractivity contribution in [1.29, 1.82) is 0 Å². The van der Waals surface area contributed by atoms with Crippen LogP contribution < -0.4 is 5.32 Å². The molecule has 488 valence electrons. The molecule has 0 aliphatic carbocycles. The molecule has 3 N–H and O–H groups in total. The second-order valence-corrected chi connectivity index (χ2v) is 25.6. The van der Waals surface area contributed by atoms with Crippen molar-refractivity contribution in [2.45, 2.75) is 418 Å². The van der Waals surface area contributed by atoms with Crippen LogP contribution in [0, 0.1) is 0 Å². The maximum absolute atomic E-state index is 12.5. The molecule has 0 aliphatic rings. The standard InChI is InChI=1S/C77H145NO5/c1-3-5-7-9-11-13-15-17-19-20-38-42-45-49-53-57-61-65-69-75(80)74(73-79)78-76(81)70-66-62-58-54-50-46-43-39-36-34-32-30-28-26-24-22-21-23-25-27-29-31-33-35-37-40-44-48-52-56-60-64-68-72-83-77(82)71-67-63-59-55-51-47-41-18-16-14-12-10-8-6-4-2/h12,14,18,25,27,31,33,41,74-75,79-80H,3-11,13,15-17,19-24,26,28-30,32,34-40,42-73H2,1-2H3,(H,78,81)/b14-12-,27-25-,33-31-,41-18-. The Bertz CT molecular complexity index is 1390. The van der Waals surface area contributed by atoms with Gasteiger partial charge in [-0.25, -0.2) is 0 Å². The van der Waals surface area contributed by atoms with Gasteiger partial charge in [0.2, 0.25) is 5.91 Å². The largest absolute Gasteiger partial charge is 0.466 e. The predicted octanol–water partition coefficient (Wildman–Crippen LogP) is 24.4. The minimum Gasteiger partial charge on any atom is -0.466 e. The Balaban J connectivity index is 3.38. The van der Waals surface area contributed by atoms with E-state index in [0.29, 0.717) is 25.9 Å². The first-order valence-electron chi connectivity index (χ1n) is 37.4. The van der Waals surface area contributed by atoms with Crippen LogP contribution in [0.2, 0.25) is 0 Å². The Labute approximate surface area is 518 Å². The third-order valence-electron chi connectivity index (χ3n) is 17.4. The van der Waals surface area contributed by atoms with Gasteiger partial charge >= 0.3 is 5.97 Å². The van der Waals surface area contributed by atoms with Gasteiger partial charge in [-0.2, -0.15) is 0 Å². The highest BCUT2D eigenvalue weighted by Crippen LogP contribution is 2.19. The predicted molar refractivity (Wildman–Crippen MR) is 366 cm³/mol. The number of carbonyl (C=O) groups is 2. The summed E-state index contributed by atoms with van der Waals surface area (Å²) in [5.74, 6) is -0.0293. The first-order chi connectivity index (χ1) is 41.0. The lowest BCUT2D eigenvalue weighted by atomic mass is 10.0. The van der Waals surface area contributed by atoms with Crippen molar-refractivity contribution < 1.29 is 24.5 Å². The number of carbonyl (C=O) groups excluding carboxylic acids is 2. The Morgan fingerprint density at radius 2 is 0.602 bits per heavy atom. The second kappa shape index (κ2) is 72.3. The summed E-state index contributed by atoms with van der Waals surface area (Å²) in [6.45, 7) is 4.95. The maximum atomic E-state index is 12.5. The van der Waals surface area contributed by atoms with Gasteiger partial charge < -0.3 is 20.3 Å². The average Bonchev–Trinajstić information content (AvgIpc) is 3.49. The quantitative estimate of drug-likeness (QED) is 0.0320. The zero-order valence-electron chi connectivity index (χ0n) is 55.9. The van der Waals surface area contributed by atoms with Gasteiger partial charge in [-0.3, -0.25) is 9.59 Å². The van der Waals surface area contributed by atoms with Gasteiger partial charge in [0.1, 0.15) is 0 Å². The van der Waals surface area contributed by atoms with E-state index in [1.165, 1.54) is 315 Å². The van der Waals surface area contributed by atoms with Crippen molar-refractivity contribution in [2.24, 2.45) is 0 Å². The molecule has 0 aromatic heterocycles. The minimum absolute atomic E-state index is 0.000377. The number of rotatable bonds is 70. The summed E-state index contributed by atoms with van der Waals surface area (Å²) in [6, 6.07) is -0.541. The second-order valence-electron chi connectivity index (χ2n) is 25.6. The summed E-state index contributed by atoms with van der Waals surface area (Å²) in [4.78, 5) is 24.6. The third kappa shape index (κ3) is 68.8. The number of aliphatic hydroxyl groups excluding tert-OH is 2. The number of amides is 1. The molecule has 0 fully saturated rings. The fraction of sp³-hybridized carbons (Fsp3) is 0.870. The van der Waals surface area contributed by atoms with Crippen LogP contribution in [-0.4, -0.2) is 47.4 Å². The van der Waals surface area contributed by atoms with Crippen LogP contribution in [-0.2, 0) is 14.3 Å². The molecule has 2 unspecified atom stereocenters. The number of aliphatic hydroxyl groups is 2. The van der Waals surface area contributed by atoms with E-state index in [4.69, 9.17) is 4.74 Å². The van der Waals surface area contributed by atoms with Crippen molar-refractivity contribution in [3.8, 4) is 0 Å². The Kier molecular flexibility index (Phi) is 70.4. The summed E-state index contributed by atoms with van der Waals surface area (Å²) in [5, 5.41) is 23.4. The first kappa shape index (κ1) is 80.8. The molecule has 2 atom stereocenters. The van der Waals surface area contributed by atoms with Crippen molar-refractivity contribution >= 4 is 11.9 Å². The summed E-state index contributed by atoms with van der Waals surface area (Å²) < 4.78 is 5.48. The lowest BCUT2D eigenvalue weighted by Crippen LogP contribution is -2.45. The van der Waals surface area contributed by atoms with Gasteiger partial charge in [0.05, 0.1) is 25.4 Å². The molecule has 1 amide bonds. The lowest BCUT2D eigenvalue weighted by molar-refractivity contribution is -0.143. The molecule has 0 spiro atoms. The normalized spacial score (nSPS) is 12.8. The van der Waals surface area contributed by atoms with Gasteiger partial charge in [-0.15, -0.1) is 0 Å². The number of unbranched alkanes of at least 4 members (excludes halogenated alkanes) is 51. The first-order valence-corrected chi connectivity index (χ1v) is 37.4. The molecule has 0 saturated carbocycles. The minimum atomic E-state index is -0.664. The van der Waals surface area contributed by atoms with Crippen molar-refractivity contribution in [3.63, 3.8) is 0 Å². The molecule has 0 aromatic carbocycles. The Morgan fingerprint density at radius 3 is 0.940 bits per heavy atom. The number of esters is 1. The van der Waals surface area contributed by atoms with Crippen LogP contribution in [0.25, 0.3) is 0 Å². The van der Waals surface area contributed by atoms with Crippen molar-refractivity contribution in [3.05, 3.63) is 48.6 Å². The van der Waals surface area contributed by atoms with E-state index < -0.39 is 12.1 Å². The number of allylic oxidation sites excluding steroid dienone is 8. The van der Waals surface area contributed by atoms with Crippen LogP contribution in [0.1, 0.15) is 406 Å². The van der Waals surface area contributed by atoms with Gasteiger partial charge in [-0.05, 0) is 89.9 Å². The number of ether oxygens (including phenoxy) is 1. The number of hydrogen-bond acceptors (Lipinski definition) is 5. The monoisotopic (exact) mass is 1160 g/mol. The van der Waals surface area contributed by atoms with E-state index in [1.54, 1.807) is 0 Å². The molecule has 0 aromatic rings. The number of hydrogen-bond donors (Lipinski definition) is 3. The Morgan fingerprint density at radius 1 is 0.337 bits per heavy atom. The molecule has 0 heterocycles. The summed E-state index contributed by atoms with van der Waals surface area (Å²) >= 11 is 0. The highest BCUT2D eigenvalue weighted by Gasteiger charge is 2.20. The topological polar surface area (TPSA) is 95.9 Å². The average molecular weight is 1170 g/mol. The Hall–Kier alpha value is -2.18. The third-order valence-corrected chi connectivity index (χ3v) is 17.4. The zero-order valence-corrected chi connectivity index (χ0v) is 55.9. The molecule has 0 bridgehead atoms. The molecule has 0 radical (unpaired) electrons. The molecule has 6 heteroatoms. The number of nitrogens with one attached hydrogen (secondary N) is 1. The van der Waals surface area contributed by atoms with Crippen LogP contribution in [0.3, 0.4) is 0 Å². The summed E-state index contributed by atoms with van der Waals surface area (Å²) in [6.07, 6.45) is 94.6. The van der Waals surface area contributed by atoms with E-state index in [9.17, 15) is 19.8 Å². The smallest absolute Gasteiger partial charge is 0.305 e. The molecular weight excluding hydrogens is 1020 g/mol.